The molecule has 21 heavy (non-hydrogen) atoms. The Labute approximate surface area is 122 Å². The first-order chi connectivity index (χ1) is 10.3. The lowest BCUT2D eigenvalue weighted by Crippen LogP contribution is -2.13. The number of benzene rings is 1. The summed E-state index contributed by atoms with van der Waals surface area (Å²) in [6.45, 7) is 2.55. The van der Waals surface area contributed by atoms with Gasteiger partial charge in [-0.3, -0.25) is 0 Å². The predicted octanol–water partition coefficient (Wildman–Crippen LogP) is 2.53. The predicted molar refractivity (Wildman–Crippen MR) is 76.2 cm³/mol. The molecule has 0 unspecified atom stereocenters. The van der Waals surface area contributed by atoms with Crippen molar-refractivity contribution in [3.8, 4) is 11.6 Å². The van der Waals surface area contributed by atoms with Crippen molar-refractivity contribution in [1.82, 2.24) is 5.16 Å². The van der Waals surface area contributed by atoms with Gasteiger partial charge in [-0.2, -0.15) is 0 Å². The third-order valence-corrected chi connectivity index (χ3v) is 2.81. The van der Waals surface area contributed by atoms with E-state index >= 15 is 0 Å². The van der Waals surface area contributed by atoms with Gasteiger partial charge in [-0.25, -0.2) is 4.79 Å². The summed E-state index contributed by atoms with van der Waals surface area (Å²) in [7, 11) is 0. The summed E-state index contributed by atoms with van der Waals surface area (Å²) >= 11 is 0. The molecule has 2 rings (SSSR count). The minimum Gasteiger partial charge on any atom is -0.475 e. The molecule has 0 aliphatic rings. The van der Waals surface area contributed by atoms with E-state index in [0.29, 0.717) is 12.4 Å². The topological polar surface area (TPSA) is 87.6 Å². The normalized spacial score (nSPS) is 10.4. The fourth-order valence-electron chi connectivity index (χ4n) is 1.71. The van der Waals surface area contributed by atoms with Crippen LogP contribution in [0.4, 0.5) is 0 Å². The Morgan fingerprint density at radius 2 is 2.10 bits per heavy atom. The van der Waals surface area contributed by atoms with Crippen LogP contribution in [-0.2, 0) is 6.54 Å². The number of carbonyl (C=O) groups excluding carboxylic acids is 1. The van der Waals surface area contributed by atoms with E-state index in [1.807, 2.05) is 13.0 Å². The van der Waals surface area contributed by atoms with Gasteiger partial charge in [0.15, 0.2) is 11.3 Å². The van der Waals surface area contributed by atoms with Gasteiger partial charge in [-0.1, -0.05) is 31.5 Å². The van der Waals surface area contributed by atoms with E-state index in [2.05, 4.69) is 5.16 Å². The number of hydrogen-bond donors (Lipinski definition) is 1. The fourth-order valence-corrected chi connectivity index (χ4v) is 1.71. The molecular formula is C15H18N2O4. The summed E-state index contributed by atoms with van der Waals surface area (Å²) in [6, 6.07) is 8.76. The van der Waals surface area contributed by atoms with E-state index in [4.69, 9.17) is 19.7 Å². The van der Waals surface area contributed by atoms with Crippen LogP contribution in [0.25, 0.3) is 0 Å². The number of unbranched alkanes of at least 4 members (excludes halogenated alkanes) is 1. The first kappa shape index (κ1) is 15.1. The Morgan fingerprint density at radius 3 is 2.76 bits per heavy atom. The number of rotatable bonds is 7. The number of carbonyl (C=O) groups is 1. The van der Waals surface area contributed by atoms with Crippen LogP contribution in [0.3, 0.4) is 0 Å². The van der Waals surface area contributed by atoms with Crippen LogP contribution in [0.15, 0.2) is 34.9 Å². The minimum atomic E-state index is -0.589. The monoisotopic (exact) mass is 290 g/mol. The number of nitrogens with zero attached hydrogens (tertiary/aromatic N) is 1. The van der Waals surface area contributed by atoms with E-state index in [1.54, 1.807) is 24.3 Å². The van der Waals surface area contributed by atoms with E-state index < -0.39 is 5.97 Å². The third-order valence-electron chi connectivity index (χ3n) is 2.81. The van der Waals surface area contributed by atoms with Crippen molar-refractivity contribution in [1.29, 1.82) is 0 Å². The second kappa shape index (κ2) is 7.44. The van der Waals surface area contributed by atoms with Gasteiger partial charge in [0.05, 0.1) is 13.2 Å². The van der Waals surface area contributed by atoms with Crippen molar-refractivity contribution >= 4 is 5.97 Å². The molecule has 2 aromatic rings. The van der Waals surface area contributed by atoms with E-state index in [9.17, 15) is 4.79 Å². The molecule has 0 aliphatic carbocycles. The molecule has 0 saturated heterocycles. The second-order valence-electron chi connectivity index (χ2n) is 4.39. The van der Waals surface area contributed by atoms with Crippen LogP contribution >= 0.6 is 0 Å². The van der Waals surface area contributed by atoms with Gasteiger partial charge in [-0.05, 0) is 23.7 Å². The highest BCUT2D eigenvalue weighted by Crippen LogP contribution is 2.24. The Morgan fingerprint density at radius 1 is 1.33 bits per heavy atom. The molecule has 0 bridgehead atoms. The lowest BCUT2D eigenvalue weighted by Gasteiger charge is -2.06. The highest BCUT2D eigenvalue weighted by molar-refractivity contribution is 5.94. The first-order valence-electron chi connectivity index (χ1n) is 6.85. The summed E-state index contributed by atoms with van der Waals surface area (Å²) in [4.78, 5) is 12.3. The number of aromatic nitrogens is 1. The van der Waals surface area contributed by atoms with Crippen molar-refractivity contribution < 1.29 is 18.8 Å². The van der Waals surface area contributed by atoms with E-state index in [1.165, 1.54) is 0 Å². The second-order valence-corrected chi connectivity index (χ2v) is 4.39. The van der Waals surface area contributed by atoms with Crippen molar-refractivity contribution in [3.05, 3.63) is 41.7 Å². The molecule has 0 atom stereocenters. The Bertz CT molecular complexity index is 581. The maximum atomic E-state index is 12.3. The number of ether oxygens (including phenoxy) is 2. The van der Waals surface area contributed by atoms with Crippen molar-refractivity contribution in [2.75, 3.05) is 6.61 Å². The average molecular weight is 290 g/mol. The van der Waals surface area contributed by atoms with Crippen molar-refractivity contribution in [2.45, 2.75) is 26.3 Å². The maximum absolute atomic E-state index is 12.3. The van der Waals surface area contributed by atoms with Crippen LogP contribution < -0.4 is 15.2 Å². The van der Waals surface area contributed by atoms with Gasteiger partial charge in [0, 0.05) is 0 Å². The Hall–Kier alpha value is -2.34. The number of nitrogens with two attached hydrogens (primary N) is 1. The largest absolute Gasteiger partial charge is 0.475 e. The zero-order valence-electron chi connectivity index (χ0n) is 11.9. The third kappa shape index (κ3) is 3.82. The molecule has 0 radical (unpaired) electrons. The first-order valence-corrected chi connectivity index (χ1v) is 6.85. The standard InChI is InChI=1S/C15H18N2O4/c1-2-3-9-19-14-13(12(10-16)21-17-14)15(18)20-11-7-5-4-6-8-11/h4-8H,2-3,9-10,16H2,1H3. The summed E-state index contributed by atoms with van der Waals surface area (Å²) in [5.41, 5.74) is 5.70. The van der Waals surface area contributed by atoms with Gasteiger partial charge in [0.2, 0.25) is 0 Å². The molecule has 1 heterocycles. The summed E-state index contributed by atoms with van der Waals surface area (Å²) in [5, 5.41) is 3.74. The zero-order chi connectivity index (χ0) is 15.1. The molecule has 0 saturated carbocycles. The van der Waals surface area contributed by atoms with Crippen molar-refractivity contribution in [2.24, 2.45) is 5.73 Å². The van der Waals surface area contributed by atoms with Crippen molar-refractivity contribution in [3.63, 3.8) is 0 Å². The molecule has 1 aromatic carbocycles. The van der Waals surface area contributed by atoms with Crippen LogP contribution in [0, 0.1) is 0 Å². The number of hydrogen-bond acceptors (Lipinski definition) is 6. The Balaban J connectivity index is 2.16. The maximum Gasteiger partial charge on any atom is 0.352 e. The van der Waals surface area contributed by atoms with Crippen LogP contribution in [0.2, 0.25) is 0 Å². The zero-order valence-corrected chi connectivity index (χ0v) is 11.9. The Kier molecular flexibility index (Phi) is 5.34. The van der Waals surface area contributed by atoms with Crippen LogP contribution in [0.1, 0.15) is 35.9 Å². The van der Waals surface area contributed by atoms with E-state index in [-0.39, 0.29) is 23.7 Å². The molecule has 0 spiro atoms. The smallest absolute Gasteiger partial charge is 0.352 e. The van der Waals surface area contributed by atoms with Gasteiger partial charge < -0.3 is 19.7 Å². The number of esters is 1. The SMILES string of the molecule is CCCCOc1noc(CN)c1C(=O)Oc1ccccc1. The molecule has 1 aromatic heterocycles. The molecule has 0 amide bonds. The molecule has 0 aliphatic heterocycles. The summed E-state index contributed by atoms with van der Waals surface area (Å²) in [5.74, 6) is 0.229. The molecular weight excluding hydrogens is 272 g/mol. The lowest BCUT2D eigenvalue weighted by atomic mass is 10.2. The minimum absolute atomic E-state index is 0.0450. The van der Waals surface area contributed by atoms with E-state index in [0.717, 1.165) is 12.8 Å². The van der Waals surface area contributed by atoms with Crippen LogP contribution in [-0.4, -0.2) is 17.7 Å². The highest BCUT2D eigenvalue weighted by atomic mass is 16.6. The quantitative estimate of drug-likeness (QED) is 0.479. The summed E-state index contributed by atoms with van der Waals surface area (Å²) in [6.07, 6.45) is 1.84. The molecule has 0 fully saturated rings. The fraction of sp³-hybridized carbons (Fsp3) is 0.333. The molecule has 6 heteroatoms. The average Bonchev–Trinajstić information content (AvgIpc) is 2.91. The molecule has 2 N–H and O–H groups in total. The van der Waals surface area contributed by atoms with Gasteiger partial charge in [0.1, 0.15) is 5.75 Å². The molecule has 6 nitrogen and oxygen atoms in total. The summed E-state index contributed by atoms with van der Waals surface area (Å²) < 4.78 is 15.8. The lowest BCUT2D eigenvalue weighted by molar-refractivity contribution is 0.0728. The van der Waals surface area contributed by atoms with Gasteiger partial charge >= 0.3 is 5.97 Å². The molecule has 112 valence electrons. The van der Waals surface area contributed by atoms with Gasteiger partial charge in [-0.15, -0.1) is 0 Å². The van der Waals surface area contributed by atoms with Gasteiger partial charge in [0.25, 0.3) is 5.88 Å². The number of para-hydroxylation sites is 1. The highest BCUT2D eigenvalue weighted by Gasteiger charge is 2.25. The van der Waals surface area contributed by atoms with Crippen LogP contribution in [0.5, 0.6) is 11.6 Å².